The minimum absolute atomic E-state index is 0.311. The zero-order valence-corrected chi connectivity index (χ0v) is 17.8. The first-order chi connectivity index (χ1) is 14.5. The van der Waals surface area contributed by atoms with Gasteiger partial charge in [-0.25, -0.2) is 9.78 Å². The van der Waals surface area contributed by atoms with E-state index in [4.69, 9.17) is 4.74 Å². The molecule has 0 bridgehead atoms. The van der Waals surface area contributed by atoms with Gasteiger partial charge < -0.3 is 4.74 Å². The van der Waals surface area contributed by atoms with Crippen LogP contribution in [0.5, 0.6) is 0 Å². The van der Waals surface area contributed by atoms with Crippen LogP contribution in [0.4, 0.5) is 5.13 Å². The number of hydrogen-bond donors (Lipinski definition) is 0. The molecular weight excluding hydrogens is 398 g/mol. The summed E-state index contributed by atoms with van der Waals surface area (Å²) < 4.78 is 6.39. The van der Waals surface area contributed by atoms with E-state index in [1.165, 1.54) is 16.2 Å². The smallest absolute Gasteiger partial charge is 0.340 e. The molecule has 2 aromatic heterocycles. The number of esters is 1. The molecule has 0 N–H and O–H groups in total. The molecule has 0 saturated heterocycles. The maximum atomic E-state index is 12.8. The summed E-state index contributed by atoms with van der Waals surface area (Å²) in [4.78, 5) is 36.1. The summed E-state index contributed by atoms with van der Waals surface area (Å²) in [5, 5.41) is 1.49. The number of aryl methyl sites for hydroxylation is 2. The van der Waals surface area contributed by atoms with Crippen molar-refractivity contribution < 1.29 is 14.3 Å². The number of nitrogens with zero attached hydrogens (tertiary/aromatic N) is 3. The van der Waals surface area contributed by atoms with Gasteiger partial charge in [0.15, 0.2) is 11.7 Å². The fourth-order valence-electron chi connectivity index (χ4n) is 3.50. The van der Waals surface area contributed by atoms with Gasteiger partial charge in [-0.3, -0.25) is 14.7 Å². The number of carbonyl (C=O) groups is 2. The van der Waals surface area contributed by atoms with E-state index < -0.39 is 5.97 Å². The van der Waals surface area contributed by atoms with Gasteiger partial charge in [0.05, 0.1) is 27.0 Å². The normalized spacial score (nSPS) is 11.0. The Morgan fingerprint density at radius 1 is 1.00 bits per heavy atom. The Morgan fingerprint density at radius 3 is 2.43 bits per heavy atom. The highest BCUT2D eigenvalue weighted by Crippen LogP contribution is 2.29. The first kappa shape index (κ1) is 20.0. The lowest BCUT2D eigenvalue weighted by molar-refractivity contribution is -0.121. The summed E-state index contributed by atoms with van der Waals surface area (Å²) in [6, 6.07) is 15.4. The number of fused-ring (bicyclic) bond motifs is 2. The van der Waals surface area contributed by atoms with Crippen LogP contribution >= 0.6 is 11.3 Å². The standard InChI is InChI=1S/C23H21N3O3S/c1-4-26(23-25-18-11-7-8-12-19(18)30-23)20(27)13-29-22(28)21-14(2)16-9-5-6-10-17(16)24-15(21)3/h5-12H,4,13H2,1-3H3. The molecule has 4 aromatic rings. The van der Waals surface area contributed by atoms with Crippen LogP contribution in [0.25, 0.3) is 21.1 Å². The highest BCUT2D eigenvalue weighted by molar-refractivity contribution is 7.22. The van der Waals surface area contributed by atoms with E-state index >= 15 is 0 Å². The van der Waals surface area contributed by atoms with E-state index in [0.29, 0.717) is 22.9 Å². The number of carbonyl (C=O) groups excluding carboxylic acids is 2. The number of thiazole rings is 1. The monoisotopic (exact) mass is 419 g/mol. The Morgan fingerprint density at radius 2 is 1.70 bits per heavy atom. The van der Waals surface area contributed by atoms with E-state index in [1.54, 1.807) is 6.92 Å². The molecule has 6 nitrogen and oxygen atoms in total. The molecule has 30 heavy (non-hydrogen) atoms. The number of likely N-dealkylation sites (N-methyl/N-ethyl adjacent to an activating group) is 1. The molecule has 0 aliphatic heterocycles. The second-order valence-electron chi connectivity index (χ2n) is 6.89. The molecule has 7 heteroatoms. The Bertz CT molecular complexity index is 1230. The molecule has 0 radical (unpaired) electrons. The van der Waals surface area contributed by atoms with Crippen molar-refractivity contribution in [1.82, 2.24) is 9.97 Å². The average Bonchev–Trinajstić information content (AvgIpc) is 3.16. The van der Waals surface area contributed by atoms with Crippen LogP contribution in [-0.4, -0.2) is 35.0 Å². The largest absolute Gasteiger partial charge is 0.452 e. The third kappa shape index (κ3) is 3.64. The predicted octanol–water partition coefficient (Wildman–Crippen LogP) is 4.67. The van der Waals surface area contributed by atoms with Crippen LogP contribution in [0.2, 0.25) is 0 Å². The summed E-state index contributed by atoms with van der Waals surface area (Å²) in [5.41, 5.74) is 3.46. The van der Waals surface area contributed by atoms with Crippen LogP contribution in [0.15, 0.2) is 48.5 Å². The summed E-state index contributed by atoms with van der Waals surface area (Å²) in [6.07, 6.45) is 0. The van der Waals surface area contributed by atoms with Gasteiger partial charge in [0, 0.05) is 11.9 Å². The zero-order valence-electron chi connectivity index (χ0n) is 17.0. The summed E-state index contributed by atoms with van der Waals surface area (Å²) in [7, 11) is 0. The minimum atomic E-state index is -0.544. The SMILES string of the molecule is CCN(C(=O)COC(=O)c1c(C)nc2ccccc2c1C)c1nc2ccccc2s1. The Hall–Kier alpha value is -3.32. The topological polar surface area (TPSA) is 72.4 Å². The molecule has 0 spiro atoms. The molecule has 0 saturated carbocycles. The third-order valence-electron chi connectivity index (χ3n) is 4.99. The van der Waals surface area contributed by atoms with Crippen molar-refractivity contribution in [1.29, 1.82) is 0 Å². The second-order valence-corrected chi connectivity index (χ2v) is 7.90. The van der Waals surface area contributed by atoms with Crippen LogP contribution in [0.1, 0.15) is 28.5 Å². The third-order valence-corrected chi connectivity index (χ3v) is 6.05. The van der Waals surface area contributed by atoms with Gasteiger partial charge in [-0.05, 0) is 44.5 Å². The molecule has 0 atom stereocenters. The highest BCUT2D eigenvalue weighted by Gasteiger charge is 2.22. The lowest BCUT2D eigenvalue weighted by Gasteiger charge is -2.18. The lowest BCUT2D eigenvalue weighted by Crippen LogP contribution is -2.34. The average molecular weight is 420 g/mol. The van der Waals surface area contributed by atoms with Crippen LogP contribution in [0.3, 0.4) is 0 Å². The van der Waals surface area contributed by atoms with Crippen molar-refractivity contribution >= 4 is 49.5 Å². The molecule has 152 valence electrons. The molecular formula is C23H21N3O3S. The van der Waals surface area contributed by atoms with Gasteiger partial charge in [0.25, 0.3) is 5.91 Å². The van der Waals surface area contributed by atoms with Crippen molar-refractivity contribution in [2.45, 2.75) is 20.8 Å². The number of aromatic nitrogens is 2. The number of ether oxygens (including phenoxy) is 1. The van der Waals surface area contributed by atoms with Gasteiger partial charge in [-0.15, -0.1) is 0 Å². The summed E-state index contributed by atoms with van der Waals surface area (Å²) >= 11 is 1.44. The van der Waals surface area contributed by atoms with Crippen molar-refractivity contribution in [3.8, 4) is 0 Å². The van der Waals surface area contributed by atoms with E-state index in [2.05, 4.69) is 9.97 Å². The second kappa shape index (κ2) is 8.20. The van der Waals surface area contributed by atoms with E-state index in [9.17, 15) is 9.59 Å². The van der Waals surface area contributed by atoms with Gasteiger partial charge in [-0.2, -0.15) is 0 Å². The van der Waals surface area contributed by atoms with Crippen molar-refractivity contribution in [3.05, 3.63) is 65.4 Å². The van der Waals surface area contributed by atoms with Crippen LogP contribution in [-0.2, 0) is 9.53 Å². The Kier molecular flexibility index (Phi) is 5.46. The minimum Gasteiger partial charge on any atom is -0.452 e. The Balaban J connectivity index is 1.53. The molecule has 0 aliphatic rings. The summed E-state index contributed by atoms with van der Waals surface area (Å²) in [6.45, 7) is 5.60. The zero-order chi connectivity index (χ0) is 21.3. The highest BCUT2D eigenvalue weighted by atomic mass is 32.1. The first-order valence-electron chi connectivity index (χ1n) is 9.68. The number of pyridine rings is 1. The quantitative estimate of drug-likeness (QED) is 0.440. The van der Waals surface area contributed by atoms with E-state index in [1.807, 2.05) is 62.4 Å². The molecule has 0 aliphatic carbocycles. The number of anilines is 1. The van der Waals surface area contributed by atoms with Crippen LogP contribution < -0.4 is 4.90 Å². The molecule has 4 rings (SSSR count). The maximum Gasteiger partial charge on any atom is 0.340 e. The molecule has 0 unspecified atom stereocenters. The fourth-order valence-corrected chi connectivity index (χ4v) is 4.55. The van der Waals surface area contributed by atoms with Crippen molar-refractivity contribution in [2.24, 2.45) is 0 Å². The molecule has 1 amide bonds. The van der Waals surface area contributed by atoms with Crippen LogP contribution in [0, 0.1) is 13.8 Å². The maximum absolute atomic E-state index is 12.8. The van der Waals surface area contributed by atoms with Crippen molar-refractivity contribution in [2.75, 3.05) is 18.1 Å². The molecule has 2 heterocycles. The van der Waals surface area contributed by atoms with Gasteiger partial charge in [-0.1, -0.05) is 41.7 Å². The van der Waals surface area contributed by atoms with E-state index in [0.717, 1.165) is 26.7 Å². The molecule has 0 fully saturated rings. The number of amides is 1. The Labute approximate surface area is 178 Å². The van der Waals surface area contributed by atoms with Crippen molar-refractivity contribution in [3.63, 3.8) is 0 Å². The number of benzene rings is 2. The number of hydrogen-bond acceptors (Lipinski definition) is 6. The number of para-hydroxylation sites is 2. The lowest BCUT2D eigenvalue weighted by atomic mass is 10.0. The summed E-state index contributed by atoms with van der Waals surface area (Å²) in [5.74, 6) is -0.856. The number of rotatable bonds is 5. The van der Waals surface area contributed by atoms with Gasteiger partial charge in [0.1, 0.15) is 0 Å². The van der Waals surface area contributed by atoms with E-state index in [-0.39, 0.29) is 12.5 Å². The first-order valence-corrected chi connectivity index (χ1v) is 10.5. The van der Waals surface area contributed by atoms with Gasteiger partial charge >= 0.3 is 5.97 Å². The fraction of sp³-hybridized carbons (Fsp3) is 0.217. The predicted molar refractivity (Wildman–Crippen MR) is 119 cm³/mol. The van der Waals surface area contributed by atoms with Gasteiger partial charge in [0.2, 0.25) is 0 Å². The molecule has 2 aromatic carbocycles.